The molecule has 1 heterocycles. The summed E-state index contributed by atoms with van der Waals surface area (Å²) in [4.78, 5) is 0. The third-order valence-corrected chi connectivity index (χ3v) is 3.21. The Hall–Kier alpha value is -1.43. The van der Waals surface area contributed by atoms with E-state index < -0.39 is 11.8 Å². The summed E-state index contributed by atoms with van der Waals surface area (Å²) in [6, 6.07) is 6.16. The Bertz CT molecular complexity index is 427. The fourth-order valence-corrected chi connectivity index (χ4v) is 2.03. The van der Waals surface area contributed by atoms with Crippen LogP contribution in [0.25, 0.3) is 0 Å². The van der Waals surface area contributed by atoms with E-state index >= 15 is 0 Å². The van der Waals surface area contributed by atoms with Crippen molar-refractivity contribution in [3.63, 3.8) is 0 Å². The van der Waals surface area contributed by atoms with Crippen LogP contribution < -0.4 is 4.74 Å². The van der Waals surface area contributed by atoms with Gasteiger partial charge in [0, 0.05) is 12.5 Å². The standard InChI is InChI=1S/C13H15F3O3/c14-13(15,16)12(6-8-19-12)5-2-7-18-11-4-1-3-10(17)9-11/h1,3-4,9,17H,2,5-8H2. The van der Waals surface area contributed by atoms with Crippen LogP contribution in [0.4, 0.5) is 13.2 Å². The van der Waals surface area contributed by atoms with E-state index in [1.165, 1.54) is 12.1 Å². The summed E-state index contributed by atoms with van der Waals surface area (Å²) in [6.45, 7) is 0.317. The van der Waals surface area contributed by atoms with Gasteiger partial charge in [0.2, 0.25) is 0 Å². The lowest BCUT2D eigenvalue weighted by atomic mass is 9.89. The highest BCUT2D eigenvalue weighted by atomic mass is 19.4. The van der Waals surface area contributed by atoms with E-state index in [4.69, 9.17) is 9.47 Å². The van der Waals surface area contributed by atoms with Crippen molar-refractivity contribution in [3.8, 4) is 11.5 Å². The minimum atomic E-state index is -4.32. The van der Waals surface area contributed by atoms with Gasteiger partial charge in [-0.1, -0.05) is 6.07 Å². The monoisotopic (exact) mass is 276 g/mol. The Morgan fingerprint density at radius 2 is 2.11 bits per heavy atom. The average molecular weight is 276 g/mol. The summed E-state index contributed by atoms with van der Waals surface area (Å²) in [5.41, 5.74) is -1.98. The zero-order chi connectivity index (χ0) is 13.9. The maximum absolute atomic E-state index is 12.8. The van der Waals surface area contributed by atoms with E-state index in [2.05, 4.69) is 0 Å². The van der Waals surface area contributed by atoms with Gasteiger partial charge in [0.15, 0.2) is 5.60 Å². The van der Waals surface area contributed by atoms with Crippen LogP contribution in [0.2, 0.25) is 0 Å². The summed E-state index contributed by atoms with van der Waals surface area (Å²) in [5.74, 6) is 0.502. The topological polar surface area (TPSA) is 38.7 Å². The number of ether oxygens (including phenoxy) is 2. The molecule has 1 saturated heterocycles. The molecule has 1 aliphatic heterocycles. The van der Waals surface area contributed by atoms with Crippen LogP contribution in [0.3, 0.4) is 0 Å². The highest BCUT2D eigenvalue weighted by Crippen LogP contribution is 2.45. The van der Waals surface area contributed by atoms with Gasteiger partial charge in [-0.2, -0.15) is 13.2 Å². The molecule has 6 heteroatoms. The van der Waals surface area contributed by atoms with Gasteiger partial charge in [-0.05, 0) is 25.0 Å². The van der Waals surface area contributed by atoms with Crippen LogP contribution in [0.5, 0.6) is 11.5 Å². The van der Waals surface area contributed by atoms with Crippen molar-refractivity contribution in [2.24, 2.45) is 0 Å². The first-order chi connectivity index (χ1) is 8.93. The van der Waals surface area contributed by atoms with Gasteiger partial charge in [-0.3, -0.25) is 0 Å². The molecule has 1 unspecified atom stereocenters. The Morgan fingerprint density at radius 1 is 1.37 bits per heavy atom. The highest BCUT2D eigenvalue weighted by Gasteiger charge is 2.59. The summed E-state index contributed by atoms with van der Waals surface area (Å²) in [5, 5.41) is 9.20. The summed E-state index contributed by atoms with van der Waals surface area (Å²) in [6.07, 6.45) is -4.16. The number of rotatable bonds is 5. The lowest BCUT2D eigenvalue weighted by Gasteiger charge is -2.43. The first-order valence-corrected chi connectivity index (χ1v) is 6.05. The predicted molar refractivity (Wildman–Crippen MR) is 62.2 cm³/mol. The summed E-state index contributed by atoms with van der Waals surface area (Å²) < 4.78 is 48.3. The molecule has 0 saturated carbocycles. The second kappa shape index (κ2) is 5.28. The van der Waals surface area contributed by atoms with Gasteiger partial charge in [-0.25, -0.2) is 0 Å². The quantitative estimate of drug-likeness (QED) is 0.839. The Morgan fingerprint density at radius 3 is 2.63 bits per heavy atom. The predicted octanol–water partition coefficient (Wildman–Crippen LogP) is 3.27. The van der Waals surface area contributed by atoms with Crippen molar-refractivity contribution >= 4 is 0 Å². The van der Waals surface area contributed by atoms with Crippen LogP contribution in [0, 0.1) is 0 Å². The molecule has 1 N–H and O–H groups in total. The molecule has 1 aromatic carbocycles. The molecule has 1 aliphatic rings. The average Bonchev–Trinajstić information content (AvgIpc) is 2.25. The number of hydrogen-bond donors (Lipinski definition) is 1. The molecule has 0 radical (unpaired) electrons. The molecule has 0 bridgehead atoms. The second-order valence-electron chi connectivity index (χ2n) is 4.54. The van der Waals surface area contributed by atoms with E-state index in [1.807, 2.05) is 0 Å². The van der Waals surface area contributed by atoms with E-state index in [0.29, 0.717) is 5.75 Å². The smallest absolute Gasteiger partial charge is 0.417 e. The zero-order valence-electron chi connectivity index (χ0n) is 10.2. The molecule has 19 heavy (non-hydrogen) atoms. The Kier molecular flexibility index (Phi) is 3.89. The minimum Gasteiger partial charge on any atom is -0.508 e. The van der Waals surface area contributed by atoms with E-state index in [-0.39, 0.29) is 38.2 Å². The molecule has 106 valence electrons. The number of phenolic OH excluding ortho intramolecular Hbond substituents is 1. The third-order valence-electron chi connectivity index (χ3n) is 3.21. The van der Waals surface area contributed by atoms with Crippen molar-refractivity contribution in [1.29, 1.82) is 0 Å². The highest BCUT2D eigenvalue weighted by molar-refractivity contribution is 5.31. The number of alkyl halides is 3. The summed E-state index contributed by atoms with van der Waals surface area (Å²) >= 11 is 0. The van der Waals surface area contributed by atoms with Crippen LogP contribution >= 0.6 is 0 Å². The van der Waals surface area contributed by atoms with Crippen molar-refractivity contribution in [2.45, 2.75) is 31.0 Å². The van der Waals surface area contributed by atoms with E-state index in [0.717, 1.165) is 0 Å². The summed E-state index contributed by atoms with van der Waals surface area (Å²) in [7, 11) is 0. The van der Waals surface area contributed by atoms with Crippen LogP contribution in [0.15, 0.2) is 24.3 Å². The molecule has 0 spiro atoms. The molecule has 3 nitrogen and oxygen atoms in total. The lowest BCUT2D eigenvalue weighted by molar-refractivity contribution is -0.327. The normalized spacial score (nSPS) is 22.9. The largest absolute Gasteiger partial charge is 0.508 e. The van der Waals surface area contributed by atoms with Gasteiger partial charge in [0.1, 0.15) is 11.5 Å². The van der Waals surface area contributed by atoms with E-state index in [9.17, 15) is 18.3 Å². The van der Waals surface area contributed by atoms with Gasteiger partial charge < -0.3 is 14.6 Å². The number of aromatic hydroxyl groups is 1. The molecule has 1 aromatic rings. The van der Waals surface area contributed by atoms with Gasteiger partial charge in [0.05, 0.1) is 13.2 Å². The zero-order valence-corrected chi connectivity index (χ0v) is 10.2. The van der Waals surface area contributed by atoms with Gasteiger partial charge in [0.25, 0.3) is 0 Å². The molecule has 0 aliphatic carbocycles. The number of benzene rings is 1. The maximum atomic E-state index is 12.8. The molecular formula is C13H15F3O3. The number of phenols is 1. The molecule has 0 amide bonds. The van der Waals surface area contributed by atoms with Crippen molar-refractivity contribution in [1.82, 2.24) is 0 Å². The Labute approximate surface area is 108 Å². The van der Waals surface area contributed by atoms with Gasteiger partial charge in [-0.15, -0.1) is 0 Å². The number of hydrogen-bond acceptors (Lipinski definition) is 3. The van der Waals surface area contributed by atoms with Crippen molar-refractivity contribution in [3.05, 3.63) is 24.3 Å². The molecule has 1 fully saturated rings. The molecule has 1 atom stereocenters. The fourth-order valence-electron chi connectivity index (χ4n) is 2.03. The second-order valence-corrected chi connectivity index (χ2v) is 4.54. The van der Waals surface area contributed by atoms with Crippen LogP contribution in [0.1, 0.15) is 19.3 Å². The first kappa shape index (κ1) is 14.0. The fraction of sp³-hybridized carbons (Fsp3) is 0.538. The van der Waals surface area contributed by atoms with Crippen molar-refractivity contribution in [2.75, 3.05) is 13.2 Å². The Balaban J connectivity index is 1.78. The maximum Gasteiger partial charge on any atom is 0.417 e. The first-order valence-electron chi connectivity index (χ1n) is 6.05. The lowest BCUT2D eigenvalue weighted by Crippen LogP contribution is -2.55. The number of halogens is 3. The van der Waals surface area contributed by atoms with Crippen molar-refractivity contribution < 1.29 is 27.8 Å². The minimum absolute atomic E-state index is 0.0165. The van der Waals surface area contributed by atoms with Crippen LogP contribution in [-0.4, -0.2) is 30.1 Å². The molecule has 2 rings (SSSR count). The third kappa shape index (κ3) is 3.12. The molecular weight excluding hydrogens is 261 g/mol. The molecule has 0 aromatic heterocycles. The SMILES string of the molecule is Oc1cccc(OCCCC2(C(F)(F)F)CCO2)c1. The van der Waals surface area contributed by atoms with E-state index in [1.54, 1.807) is 12.1 Å². The van der Waals surface area contributed by atoms with Gasteiger partial charge >= 0.3 is 6.18 Å². The van der Waals surface area contributed by atoms with Crippen LogP contribution in [-0.2, 0) is 4.74 Å².